The number of fused-ring (bicyclic) bond motifs is 1. The number of nitrogens with zero attached hydrogens (tertiary/aromatic N) is 4. The standard InChI is InChI=1S/C21H30ClN5OS/c22-21-24-18-14-17(29-19(18)20(25-21)26-9-11-28-12-10-26)13-16-3-1-2-8-27(16)15-4-6-23-7-5-15/h14-16,23H,1-13H2/t16-/m1/s1. The molecule has 0 unspecified atom stereocenters. The first kappa shape index (κ1) is 19.9. The normalized spacial score (nSPS) is 25.0. The molecule has 0 amide bonds. The number of rotatable bonds is 4. The fraction of sp³-hybridized carbons (Fsp3) is 0.714. The smallest absolute Gasteiger partial charge is 0.224 e. The molecule has 8 heteroatoms. The molecule has 0 saturated carbocycles. The highest BCUT2D eigenvalue weighted by molar-refractivity contribution is 7.19. The minimum Gasteiger partial charge on any atom is -0.378 e. The van der Waals surface area contributed by atoms with E-state index in [4.69, 9.17) is 16.3 Å². The van der Waals surface area contributed by atoms with Crippen molar-refractivity contribution in [3.8, 4) is 0 Å². The maximum absolute atomic E-state index is 6.28. The summed E-state index contributed by atoms with van der Waals surface area (Å²) in [6, 6.07) is 3.65. The first-order chi connectivity index (χ1) is 14.3. The minimum absolute atomic E-state index is 0.345. The van der Waals surface area contributed by atoms with Crippen LogP contribution in [-0.4, -0.2) is 72.9 Å². The van der Waals surface area contributed by atoms with Crippen LogP contribution in [0.4, 0.5) is 5.82 Å². The highest BCUT2D eigenvalue weighted by Gasteiger charge is 2.30. The average Bonchev–Trinajstić information content (AvgIpc) is 3.17. The van der Waals surface area contributed by atoms with Gasteiger partial charge in [-0.05, 0) is 69.4 Å². The highest BCUT2D eigenvalue weighted by atomic mass is 35.5. The second kappa shape index (κ2) is 9.02. The lowest BCUT2D eigenvalue weighted by molar-refractivity contribution is 0.0767. The third-order valence-electron chi connectivity index (χ3n) is 6.58. The molecule has 0 aromatic carbocycles. The zero-order valence-electron chi connectivity index (χ0n) is 16.9. The van der Waals surface area contributed by atoms with E-state index in [1.54, 1.807) is 0 Å². The van der Waals surface area contributed by atoms with Crippen molar-refractivity contribution in [1.29, 1.82) is 0 Å². The molecule has 158 valence electrons. The van der Waals surface area contributed by atoms with Crippen LogP contribution in [0.3, 0.4) is 0 Å². The molecule has 0 spiro atoms. The van der Waals surface area contributed by atoms with Gasteiger partial charge in [0, 0.05) is 30.1 Å². The Kier molecular flexibility index (Phi) is 6.20. The van der Waals surface area contributed by atoms with E-state index in [9.17, 15) is 0 Å². The second-order valence-corrected chi connectivity index (χ2v) is 9.89. The van der Waals surface area contributed by atoms with Crippen LogP contribution in [0.2, 0.25) is 5.28 Å². The molecule has 5 heterocycles. The van der Waals surface area contributed by atoms with Crippen LogP contribution in [-0.2, 0) is 11.2 Å². The molecular formula is C21H30ClN5OS. The molecule has 29 heavy (non-hydrogen) atoms. The first-order valence-electron chi connectivity index (χ1n) is 11.0. The minimum atomic E-state index is 0.345. The van der Waals surface area contributed by atoms with Crippen LogP contribution in [0, 0.1) is 0 Å². The topological polar surface area (TPSA) is 53.5 Å². The number of aromatic nitrogens is 2. The van der Waals surface area contributed by atoms with Gasteiger partial charge in [-0.25, -0.2) is 4.98 Å². The van der Waals surface area contributed by atoms with Gasteiger partial charge in [-0.1, -0.05) is 6.42 Å². The number of thiophene rings is 1. The summed E-state index contributed by atoms with van der Waals surface area (Å²) in [6.07, 6.45) is 7.68. The third kappa shape index (κ3) is 4.39. The van der Waals surface area contributed by atoms with E-state index < -0.39 is 0 Å². The van der Waals surface area contributed by atoms with Crippen LogP contribution < -0.4 is 10.2 Å². The van der Waals surface area contributed by atoms with E-state index in [0.29, 0.717) is 11.3 Å². The summed E-state index contributed by atoms with van der Waals surface area (Å²) in [6.45, 7) is 6.79. The number of anilines is 1. The molecule has 0 bridgehead atoms. The molecule has 0 aliphatic carbocycles. The number of likely N-dealkylation sites (tertiary alicyclic amines) is 1. The van der Waals surface area contributed by atoms with Crippen LogP contribution in [0.1, 0.15) is 37.0 Å². The van der Waals surface area contributed by atoms with E-state index in [1.165, 1.54) is 48.2 Å². The summed E-state index contributed by atoms with van der Waals surface area (Å²) in [5, 5.41) is 3.86. The van der Waals surface area contributed by atoms with Crippen molar-refractivity contribution in [2.75, 3.05) is 50.8 Å². The molecule has 5 rings (SSSR count). The van der Waals surface area contributed by atoms with Gasteiger partial charge in [0.05, 0.1) is 23.4 Å². The SMILES string of the molecule is Clc1nc(N2CCOCC2)c2sc(C[C@H]3CCCCN3C3CCNCC3)cc2n1. The summed E-state index contributed by atoms with van der Waals surface area (Å²) >= 11 is 8.14. The van der Waals surface area contributed by atoms with Crippen LogP contribution >= 0.6 is 22.9 Å². The Morgan fingerprint density at radius 1 is 1.10 bits per heavy atom. The molecular weight excluding hydrogens is 406 g/mol. The lowest BCUT2D eigenvalue weighted by Crippen LogP contribution is -2.50. The maximum Gasteiger partial charge on any atom is 0.224 e. The Hall–Kier alpha value is -0.990. The lowest BCUT2D eigenvalue weighted by Gasteiger charge is -2.43. The van der Waals surface area contributed by atoms with E-state index in [-0.39, 0.29) is 0 Å². The van der Waals surface area contributed by atoms with Crippen molar-refractivity contribution in [1.82, 2.24) is 20.2 Å². The van der Waals surface area contributed by atoms with Gasteiger partial charge < -0.3 is 15.0 Å². The van der Waals surface area contributed by atoms with Gasteiger partial charge in [-0.3, -0.25) is 4.90 Å². The Bertz CT molecular complexity index is 834. The maximum atomic E-state index is 6.28. The summed E-state index contributed by atoms with van der Waals surface area (Å²) < 4.78 is 6.69. The predicted molar refractivity (Wildman–Crippen MR) is 119 cm³/mol. The van der Waals surface area contributed by atoms with Crippen molar-refractivity contribution < 1.29 is 4.74 Å². The van der Waals surface area contributed by atoms with Crippen molar-refractivity contribution >= 4 is 39.0 Å². The van der Waals surface area contributed by atoms with Gasteiger partial charge in [0.25, 0.3) is 0 Å². The highest BCUT2D eigenvalue weighted by Crippen LogP contribution is 2.35. The second-order valence-electron chi connectivity index (χ2n) is 8.42. The number of halogens is 1. The zero-order chi connectivity index (χ0) is 19.6. The Labute approximate surface area is 181 Å². The Morgan fingerprint density at radius 3 is 2.76 bits per heavy atom. The quantitative estimate of drug-likeness (QED) is 0.743. The fourth-order valence-corrected chi connectivity index (χ4v) is 6.47. The lowest BCUT2D eigenvalue weighted by atomic mass is 9.93. The van der Waals surface area contributed by atoms with Gasteiger partial charge in [-0.15, -0.1) is 11.3 Å². The molecule has 3 fully saturated rings. The summed E-state index contributed by atoms with van der Waals surface area (Å²) in [4.78, 5) is 15.7. The Morgan fingerprint density at radius 2 is 1.93 bits per heavy atom. The zero-order valence-corrected chi connectivity index (χ0v) is 18.5. The summed E-state index contributed by atoms with van der Waals surface area (Å²) in [5.74, 6) is 0.985. The predicted octanol–water partition coefficient (Wildman–Crippen LogP) is 3.33. The molecule has 3 aliphatic heterocycles. The van der Waals surface area contributed by atoms with E-state index in [2.05, 4.69) is 31.2 Å². The first-order valence-corrected chi connectivity index (χ1v) is 12.2. The number of morpholine rings is 1. The number of hydrogen-bond acceptors (Lipinski definition) is 7. The molecule has 1 N–H and O–H groups in total. The van der Waals surface area contributed by atoms with Gasteiger partial charge in [0.1, 0.15) is 0 Å². The van der Waals surface area contributed by atoms with Crippen molar-refractivity contribution in [3.05, 3.63) is 16.2 Å². The Balaban J connectivity index is 1.39. The van der Waals surface area contributed by atoms with Crippen molar-refractivity contribution in [3.63, 3.8) is 0 Å². The van der Waals surface area contributed by atoms with Crippen LogP contribution in [0.5, 0.6) is 0 Å². The van der Waals surface area contributed by atoms with E-state index >= 15 is 0 Å². The monoisotopic (exact) mass is 435 g/mol. The van der Waals surface area contributed by atoms with Gasteiger partial charge >= 0.3 is 0 Å². The van der Waals surface area contributed by atoms with Crippen molar-refractivity contribution in [2.24, 2.45) is 0 Å². The van der Waals surface area contributed by atoms with E-state index in [0.717, 1.165) is 63.2 Å². The number of nitrogens with one attached hydrogen (secondary N) is 1. The number of hydrogen-bond donors (Lipinski definition) is 1. The fourth-order valence-electron chi connectivity index (χ4n) is 5.12. The molecule has 0 radical (unpaired) electrons. The molecule has 2 aromatic rings. The van der Waals surface area contributed by atoms with Gasteiger partial charge in [-0.2, -0.15) is 4.98 Å². The third-order valence-corrected chi connectivity index (χ3v) is 7.89. The number of ether oxygens (including phenoxy) is 1. The van der Waals surface area contributed by atoms with Crippen molar-refractivity contribution in [2.45, 2.75) is 50.6 Å². The average molecular weight is 436 g/mol. The summed E-state index contributed by atoms with van der Waals surface area (Å²) in [7, 11) is 0. The molecule has 1 atom stereocenters. The van der Waals surface area contributed by atoms with Gasteiger partial charge in [0.2, 0.25) is 5.28 Å². The molecule has 3 aliphatic rings. The van der Waals surface area contributed by atoms with Gasteiger partial charge in [0.15, 0.2) is 5.82 Å². The molecule has 3 saturated heterocycles. The molecule has 6 nitrogen and oxygen atoms in total. The molecule has 2 aromatic heterocycles. The number of piperidine rings is 2. The van der Waals surface area contributed by atoms with E-state index in [1.807, 2.05) is 11.3 Å². The van der Waals surface area contributed by atoms with Crippen LogP contribution in [0.25, 0.3) is 10.2 Å². The van der Waals surface area contributed by atoms with Crippen LogP contribution in [0.15, 0.2) is 6.07 Å². The largest absolute Gasteiger partial charge is 0.378 e. The summed E-state index contributed by atoms with van der Waals surface area (Å²) in [5.41, 5.74) is 0.996.